The molecule has 1 aromatic rings. The van der Waals surface area contributed by atoms with Gasteiger partial charge >= 0.3 is 5.97 Å². The van der Waals surface area contributed by atoms with Gasteiger partial charge in [-0.15, -0.1) is 0 Å². The van der Waals surface area contributed by atoms with E-state index in [2.05, 4.69) is 10.6 Å². The van der Waals surface area contributed by atoms with E-state index in [1.54, 1.807) is 26.0 Å². The number of benzene rings is 1. The Hall–Kier alpha value is -2.37. The van der Waals surface area contributed by atoms with E-state index in [1.165, 1.54) is 0 Å². The number of hydrogen-bond acceptors (Lipinski definition) is 3. The van der Waals surface area contributed by atoms with Gasteiger partial charge in [0.15, 0.2) is 0 Å². The lowest BCUT2D eigenvalue weighted by Crippen LogP contribution is -2.45. The molecule has 3 N–H and O–H groups in total. The number of carbonyl (C=O) groups is 3. The largest absolute Gasteiger partial charge is 0.481 e. The van der Waals surface area contributed by atoms with Crippen LogP contribution in [-0.4, -0.2) is 36.0 Å². The van der Waals surface area contributed by atoms with Crippen LogP contribution in [0.1, 0.15) is 48.2 Å². The maximum Gasteiger partial charge on any atom is 0.311 e. The van der Waals surface area contributed by atoms with E-state index < -0.39 is 17.3 Å². The number of aliphatic carboxylic acids is 1. The molecule has 0 aliphatic heterocycles. The van der Waals surface area contributed by atoms with Crippen LogP contribution in [0.15, 0.2) is 18.2 Å². The van der Waals surface area contributed by atoms with Gasteiger partial charge in [0.25, 0.3) is 5.91 Å². The van der Waals surface area contributed by atoms with E-state index in [-0.39, 0.29) is 19.0 Å². The van der Waals surface area contributed by atoms with Crippen molar-refractivity contribution in [3.8, 4) is 0 Å². The van der Waals surface area contributed by atoms with Crippen LogP contribution in [0.5, 0.6) is 0 Å². The zero-order chi connectivity index (χ0) is 18.3. The summed E-state index contributed by atoms with van der Waals surface area (Å²) in [5.74, 6) is -1.66. The highest BCUT2D eigenvalue weighted by Gasteiger charge is 2.35. The van der Waals surface area contributed by atoms with Crippen LogP contribution in [0.3, 0.4) is 0 Å². The van der Waals surface area contributed by atoms with Gasteiger partial charge in [0.05, 0.1) is 12.0 Å². The lowest BCUT2D eigenvalue weighted by molar-refractivity contribution is -0.149. The Morgan fingerprint density at radius 1 is 1.04 bits per heavy atom. The number of carboxylic acids is 1. The minimum absolute atomic E-state index is 0.0493. The standard InChI is InChI=1S/C18H26N2O4/c1-5-18(6-2,17(23)24)11-20-15(21)10-19-16(22)14-8-7-12(3)13(4)9-14/h7-9H,5-6,10-11H2,1-4H3,(H,19,22)(H,20,21)(H,23,24). The van der Waals surface area contributed by atoms with E-state index in [0.29, 0.717) is 18.4 Å². The molecular weight excluding hydrogens is 308 g/mol. The summed E-state index contributed by atoms with van der Waals surface area (Å²) in [6.07, 6.45) is 0.849. The zero-order valence-electron chi connectivity index (χ0n) is 14.7. The van der Waals surface area contributed by atoms with Gasteiger partial charge in [-0.25, -0.2) is 0 Å². The number of rotatable bonds is 8. The highest BCUT2D eigenvalue weighted by atomic mass is 16.4. The van der Waals surface area contributed by atoms with E-state index in [1.807, 2.05) is 19.9 Å². The smallest absolute Gasteiger partial charge is 0.311 e. The van der Waals surface area contributed by atoms with E-state index in [9.17, 15) is 19.5 Å². The lowest BCUT2D eigenvalue weighted by atomic mass is 9.82. The van der Waals surface area contributed by atoms with Crippen molar-refractivity contribution in [3.63, 3.8) is 0 Å². The maximum atomic E-state index is 12.0. The first-order chi connectivity index (χ1) is 11.3. The van der Waals surface area contributed by atoms with Gasteiger partial charge in [-0.05, 0) is 49.9 Å². The first kappa shape index (κ1) is 19.7. The average molecular weight is 334 g/mol. The molecule has 1 rings (SSSR count). The topological polar surface area (TPSA) is 95.5 Å². The van der Waals surface area contributed by atoms with Crippen LogP contribution in [-0.2, 0) is 9.59 Å². The van der Waals surface area contributed by atoms with Crippen LogP contribution in [0.2, 0.25) is 0 Å². The molecule has 0 saturated heterocycles. The second kappa shape index (κ2) is 8.47. The molecule has 0 saturated carbocycles. The summed E-state index contributed by atoms with van der Waals surface area (Å²) in [5, 5.41) is 14.5. The fourth-order valence-electron chi connectivity index (χ4n) is 2.35. The Balaban J connectivity index is 2.55. The van der Waals surface area contributed by atoms with E-state index >= 15 is 0 Å². The molecule has 6 heteroatoms. The number of carbonyl (C=O) groups excluding carboxylic acids is 2. The van der Waals surface area contributed by atoms with Crippen molar-refractivity contribution in [1.82, 2.24) is 10.6 Å². The first-order valence-electron chi connectivity index (χ1n) is 8.11. The van der Waals surface area contributed by atoms with Crippen LogP contribution >= 0.6 is 0 Å². The highest BCUT2D eigenvalue weighted by Crippen LogP contribution is 2.25. The van der Waals surface area contributed by atoms with Gasteiger partial charge < -0.3 is 15.7 Å². The van der Waals surface area contributed by atoms with Crippen LogP contribution in [0.25, 0.3) is 0 Å². The molecule has 0 aliphatic carbocycles. The second-order valence-corrected chi connectivity index (χ2v) is 6.05. The van der Waals surface area contributed by atoms with Crippen LogP contribution in [0, 0.1) is 19.3 Å². The molecule has 132 valence electrons. The molecule has 2 amide bonds. The third-order valence-corrected chi connectivity index (χ3v) is 4.61. The molecule has 1 aromatic carbocycles. The van der Waals surface area contributed by atoms with Gasteiger partial charge in [-0.1, -0.05) is 19.9 Å². The summed E-state index contributed by atoms with van der Waals surface area (Å²) in [6, 6.07) is 5.33. The van der Waals surface area contributed by atoms with Gasteiger partial charge in [-0.2, -0.15) is 0 Å². The number of carboxylic acid groups (broad SMARTS) is 1. The van der Waals surface area contributed by atoms with Crippen molar-refractivity contribution < 1.29 is 19.5 Å². The number of amides is 2. The molecule has 0 unspecified atom stereocenters. The van der Waals surface area contributed by atoms with Gasteiger partial charge in [0.1, 0.15) is 0 Å². The van der Waals surface area contributed by atoms with Crippen molar-refractivity contribution in [2.24, 2.45) is 5.41 Å². The minimum atomic E-state index is -0.965. The van der Waals surface area contributed by atoms with Crippen molar-refractivity contribution in [2.45, 2.75) is 40.5 Å². The van der Waals surface area contributed by atoms with E-state index in [4.69, 9.17) is 0 Å². The summed E-state index contributed by atoms with van der Waals surface area (Å²) in [7, 11) is 0. The summed E-state index contributed by atoms with van der Waals surface area (Å²) in [6.45, 7) is 7.31. The Labute approximate surface area is 142 Å². The predicted molar refractivity (Wildman–Crippen MR) is 91.9 cm³/mol. The molecule has 0 aliphatic rings. The highest BCUT2D eigenvalue weighted by molar-refractivity contribution is 5.96. The Kier molecular flexibility index (Phi) is 6.95. The van der Waals surface area contributed by atoms with Crippen molar-refractivity contribution in [1.29, 1.82) is 0 Å². The molecule has 0 bridgehead atoms. The van der Waals surface area contributed by atoms with Crippen LogP contribution < -0.4 is 10.6 Å². The Morgan fingerprint density at radius 3 is 2.17 bits per heavy atom. The number of aryl methyl sites for hydroxylation is 2. The van der Waals surface area contributed by atoms with E-state index in [0.717, 1.165) is 11.1 Å². The summed E-state index contributed by atoms with van der Waals surface area (Å²) >= 11 is 0. The maximum absolute atomic E-state index is 12.0. The quantitative estimate of drug-likeness (QED) is 0.678. The fourth-order valence-corrected chi connectivity index (χ4v) is 2.35. The van der Waals surface area contributed by atoms with Crippen molar-refractivity contribution in [2.75, 3.05) is 13.1 Å². The molecule has 0 heterocycles. The summed E-state index contributed by atoms with van der Waals surface area (Å²) in [5.41, 5.74) is 1.62. The fraction of sp³-hybridized carbons (Fsp3) is 0.500. The predicted octanol–water partition coefficient (Wildman–Crippen LogP) is 2.04. The minimum Gasteiger partial charge on any atom is -0.481 e. The third-order valence-electron chi connectivity index (χ3n) is 4.61. The summed E-state index contributed by atoms with van der Waals surface area (Å²) < 4.78 is 0. The summed E-state index contributed by atoms with van der Waals surface area (Å²) in [4.78, 5) is 35.3. The van der Waals surface area contributed by atoms with Crippen molar-refractivity contribution >= 4 is 17.8 Å². The van der Waals surface area contributed by atoms with Gasteiger partial charge in [0.2, 0.25) is 5.91 Å². The molecule has 0 fully saturated rings. The first-order valence-corrected chi connectivity index (χ1v) is 8.11. The molecule has 24 heavy (non-hydrogen) atoms. The normalized spacial score (nSPS) is 11.0. The van der Waals surface area contributed by atoms with Gasteiger partial charge in [0, 0.05) is 12.1 Å². The number of nitrogens with one attached hydrogen (secondary N) is 2. The Bertz CT molecular complexity index is 621. The second-order valence-electron chi connectivity index (χ2n) is 6.05. The molecule has 0 radical (unpaired) electrons. The monoisotopic (exact) mass is 334 g/mol. The number of hydrogen-bond donors (Lipinski definition) is 3. The molecule has 0 atom stereocenters. The molecule has 6 nitrogen and oxygen atoms in total. The zero-order valence-corrected chi connectivity index (χ0v) is 14.7. The lowest BCUT2D eigenvalue weighted by Gasteiger charge is -2.26. The van der Waals surface area contributed by atoms with Crippen LogP contribution in [0.4, 0.5) is 0 Å². The van der Waals surface area contributed by atoms with Gasteiger partial charge in [-0.3, -0.25) is 14.4 Å². The van der Waals surface area contributed by atoms with Crippen molar-refractivity contribution in [3.05, 3.63) is 34.9 Å². The molecular formula is C18H26N2O4. The molecule has 0 spiro atoms. The third kappa shape index (κ3) is 4.81. The Morgan fingerprint density at radius 2 is 1.67 bits per heavy atom. The SMILES string of the molecule is CCC(CC)(CNC(=O)CNC(=O)c1ccc(C)c(C)c1)C(=O)O. The average Bonchev–Trinajstić information content (AvgIpc) is 2.56. The molecule has 0 aromatic heterocycles.